The summed E-state index contributed by atoms with van der Waals surface area (Å²) in [6.07, 6.45) is 3.84. The molecule has 1 aromatic rings. The average Bonchev–Trinajstić information content (AvgIpc) is 2.47. The number of piperidine rings is 1. The van der Waals surface area contributed by atoms with Crippen molar-refractivity contribution in [1.82, 2.24) is 10.6 Å². The SMILES string of the molecule is CCC(CC(=O)NC1CCCNC1)c1ccc(C)cc1.Cl. The van der Waals surface area contributed by atoms with Gasteiger partial charge in [0.15, 0.2) is 0 Å². The first-order chi connectivity index (χ1) is 9.69. The number of rotatable bonds is 5. The molecule has 1 fully saturated rings. The van der Waals surface area contributed by atoms with Crippen LogP contribution in [0.1, 0.15) is 49.7 Å². The fraction of sp³-hybridized carbons (Fsp3) is 0.588. The summed E-state index contributed by atoms with van der Waals surface area (Å²) < 4.78 is 0. The lowest BCUT2D eigenvalue weighted by atomic mass is 9.92. The lowest BCUT2D eigenvalue weighted by Crippen LogP contribution is -2.45. The minimum absolute atomic E-state index is 0. The zero-order valence-electron chi connectivity index (χ0n) is 13.0. The molecule has 0 spiro atoms. The standard InChI is InChI=1S/C17H26N2O.ClH/c1-3-14(15-8-6-13(2)7-9-15)11-17(20)19-16-5-4-10-18-12-16;/h6-9,14,16,18H,3-5,10-12H2,1-2H3,(H,19,20);1H. The summed E-state index contributed by atoms with van der Waals surface area (Å²) in [6, 6.07) is 8.87. The van der Waals surface area contributed by atoms with E-state index in [4.69, 9.17) is 0 Å². The number of nitrogens with one attached hydrogen (secondary N) is 2. The molecule has 118 valence electrons. The number of carbonyl (C=O) groups excluding carboxylic acids is 1. The first-order valence-electron chi connectivity index (χ1n) is 7.75. The fourth-order valence-corrected chi connectivity index (χ4v) is 2.82. The first-order valence-corrected chi connectivity index (χ1v) is 7.75. The Labute approximate surface area is 134 Å². The van der Waals surface area contributed by atoms with E-state index in [9.17, 15) is 4.79 Å². The molecule has 2 rings (SSSR count). The van der Waals surface area contributed by atoms with Gasteiger partial charge in [-0.2, -0.15) is 0 Å². The smallest absolute Gasteiger partial charge is 0.220 e. The van der Waals surface area contributed by atoms with E-state index in [1.165, 1.54) is 11.1 Å². The van der Waals surface area contributed by atoms with Crippen LogP contribution in [0.2, 0.25) is 0 Å². The Morgan fingerprint density at radius 1 is 1.38 bits per heavy atom. The van der Waals surface area contributed by atoms with Gasteiger partial charge in [-0.15, -0.1) is 12.4 Å². The molecule has 0 aliphatic carbocycles. The highest BCUT2D eigenvalue weighted by atomic mass is 35.5. The topological polar surface area (TPSA) is 41.1 Å². The van der Waals surface area contributed by atoms with E-state index >= 15 is 0 Å². The molecule has 0 aromatic heterocycles. The molecule has 0 radical (unpaired) electrons. The molecule has 21 heavy (non-hydrogen) atoms. The van der Waals surface area contributed by atoms with E-state index in [1.807, 2.05) is 0 Å². The van der Waals surface area contributed by atoms with Crippen LogP contribution in [0, 0.1) is 6.92 Å². The zero-order valence-corrected chi connectivity index (χ0v) is 13.8. The minimum Gasteiger partial charge on any atom is -0.352 e. The van der Waals surface area contributed by atoms with Crippen molar-refractivity contribution >= 4 is 18.3 Å². The maximum Gasteiger partial charge on any atom is 0.220 e. The highest BCUT2D eigenvalue weighted by molar-refractivity contribution is 5.85. The van der Waals surface area contributed by atoms with Gasteiger partial charge >= 0.3 is 0 Å². The van der Waals surface area contributed by atoms with Gasteiger partial charge in [0.1, 0.15) is 0 Å². The molecule has 1 saturated heterocycles. The molecule has 1 aromatic carbocycles. The number of hydrogen-bond donors (Lipinski definition) is 2. The van der Waals surface area contributed by atoms with E-state index in [0.29, 0.717) is 18.4 Å². The molecule has 2 atom stereocenters. The van der Waals surface area contributed by atoms with Crippen molar-refractivity contribution in [2.24, 2.45) is 0 Å². The van der Waals surface area contributed by atoms with Crippen molar-refractivity contribution in [3.63, 3.8) is 0 Å². The van der Waals surface area contributed by atoms with Crippen LogP contribution in [0.5, 0.6) is 0 Å². The van der Waals surface area contributed by atoms with Gasteiger partial charge in [-0.05, 0) is 44.2 Å². The van der Waals surface area contributed by atoms with Gasteiger partial charge < -0.3 is 10.6 Å². The van der Waals surface area contributed by atoms with E-state index in [2.05, 4.69) is 48.7 Å². The molecular weight excluding hydrogens is 284 g/mol. The monoisotopic (exact) mass is 310 g/mol. The molecule has 1 heterocycles. The number of carbonyl (C=O) groups is 1. The second-order valence-corrected chi connectivity index (χ2v) is 5.83. The molecule has 2 N–H and O–H groups in total. The summed E-state index contributed by atoms with van der Waals surface area (Å²) in [5.41, 5.74) is 2.54. The van der Waals surface area contributed by atoms with Gasteiger partial charge in [-0.3, -0.25) is 4.79 Å². The van der Waals surface area contributed by atoms with Crippen LogP contribution in [-0.4, -0.2) is 25.0 Å². The van der Waals surface area contributed by atoms with Gasteiger partial charge in [0.25, 0.3) is 0 Å². The van der Waals surface area contributed by atoms with Gasteiger partial charge in [-0.25, -0.2) is 0 Å². The van der Waals surface area contributed by atoms with Gasteiger partial charge in [0.2, 0.25) is 5.91 Å². The van der Waals surface area contributed by atoms with Crippen molar-refractivity contribution in [2.75, 3.05) is 13.1 Å². The molecule has 1 aliphatic rings. The quantitative estimate of drug-likeness (QED) is 0.877. The van der Waals surface area contributed by atoms with Crippen LogP contribution in [0.15, 0.2) is 24.3 Å². The van der Waals surface area contributed by atoms with E-state index in [1.54, 1.807) is 0 Å². The Balaban J connectivity index is 0.00000220. The Morgan fingerprint density at radius 2 is 2.10 bits per heavy atom. The predicted octanol–water partition coefficient (Wildman–Crippen LogP) is 3.17. The molecule has 1 aliphatic heterocycles. The molecule has 3 nitrogen and oxygen atoms in total. The lowest BCUT2D eigenvalue weighted by molar-refractivity contribution is -0.122. The lowest BCUT2D eigenvalue weighted by Gasteiger charge is -2.25. The average molecular weight is 311 g/mol. The van der Waals surface area contributed by atoms with Crippen LogP contribution >= 0.6 is 12.4 Å². The maximum absolute atomic E-state index is 12.2. The predicted molar refractivity (Wildman–Crippen MR) is 90.1 cm³/mol. The van der Waals surface area contributed by atoms with Crippen LogP contribution in [-0.2, 0) is 4.79 Å². The number of hydrogen-bond acceptors (Lipinski definition) is 2. The molecular formula is C17H27ClN2O. The Bertz CT molecular complexity index is 427. The van der Waals surface area contributed by atoms with E-state index in [-0.39, 0.29) is 18.3 Å². The van der Waals surface area contributed by atoms with Crippen molar-refractivity contribution in [3.8, 4) is 0 Å². The second kappa shape index (κ2) is 9.06. The summed E-state index contributed by atoms with van der Waals surface area (Å²) in [6.45, 7) is 6.23. The van der Waals surface area contributed by atoms with Crippen molar-refractivity contribution < 1.29 is 4.79 Å². The van der Waals surface area contributed by atoms with Gasteiger partial charge in [0.05, 0.1) is 0 Å². The Morgan fingerprint density at radius 3 is 2.67 bits per heavy atom. The van der Waals surface area contributed by atoms with Gasteiger partial charge in [-0.1, -0.05) is 36.8 Å². The second-order valence-electron chi connectivity index (χ2n) is 5.83. The van der Waals surface area contributed by atoms with Gasteiger partial charge in [0, 0.05) is 19.0 Å². The summed E-state index contributed by atoms with van der Waals surface area (Å²) in [5, 5.41) is 6.49. The molecule has 1 amide bonds. The zero-order chi connectivity index (χ0) is 14.4. The van der Waals surface area contributed by atoms with Crippen molar-refractivity contribution in [1.29, 1.82) is 0 Å². The third kappa shape index (κ3) is 5.68. The van der Waals surface area contributed by atoms with Crippen LogP contribution in [0.3, 0.4) is 0 Å². The van der Waals surface area contributed by atoms with Crippen molar-refractivity contribution in [3.05, 3.63) is 35.4 Å². The van der Waals surface area contributed by atoms with E-state index in [0.717, 1.165) is 32.4 Å². The molecule has 0 saturated carbocycles. The molecule has 2 unspecified atom stereocenters. The molecule has 4 heteroatoms. The third-order valence-electron chi connectivity index (χ3n) is 4.14. The summed E-state index contributed by atoms with van der Waals surface area (Å²) in [5.74, 6) is 0.512. The maximum atomic E-state index is 12.2. The largest absolute Gasteiger partial charge is 0.352 e. The van der Waals surface area contributed by atoms with Crippen molar-refractivity contribution in [2.45, 2.75) is 51.5 Å². The fourth-order valence-electron chi connectivity index (χ4n) is 2.82. The number of halogens is 1. The number of amides is 1. The van der Waals surface area contributed by atoms with Crippen LogP contribution in [0.25, 0.3) is 0 Å². The molecule has 0 bridgehead atoms. The highest BCUT2D eigenvalue weighted by Crippen LogP contribution is 2.23. The normalized spacial score (nSPS) is 19.4. The third-order valence-corrected chi connectivity index (χ3v) is 4.14. The van der Waals surface area contributed by atoms with E-state index < -0.39 is 0 Å². The van der Waals surface area contributed by atoms with Crippen LogP contribution < -0.4 is 10.6 Å². The summed E-state index contributed by atoms with van der Waals surface area (Å²) in [4.78, 5) is 12.2. The number of aryl methyl sites for hydroxylation is 1. The highest BCUT2D eigenvalue weighted by Gasteiger charge is 2.18. The Hall–Kier alpha value is -1.06. The first kappa shape index (κ1) is 18.0. The van der Waals surface area contributed by atoms with Crippen LogP contribution in [0.4, 0.5) is 0 Å². The summed E-state index contributed by atoms with van der Waals surface area (Å²) in [7, 11) is 0. The summed E-state index contributed by atoms with van der Waals surface area (Å²) >= 11 is 0. The number of benzene rings is 1. The minimum atomic E-state index is 0. The Kier molecular flexibility index (Phi) is 7.76.